The van der Waals surface area contributed by atoms with Gasteiger partial charge in [-0.2, -0.15) is 12.6 Å². The Kier molecular flexibility index (Phi) is 3.77. The molecule has 0 radical (unpaired) electrons. The summed E-state index contributed by atoms with van der Waals surface area (Å²) in [6.07, 6.45) is 1.74. The summed E-state index contributed by atoms with van der Waals surface area (Å²) in [5, 5.41) is 2.64. The van der Waals surface area contributed by atoms with E-state index in [1.807, 2.05) is 36.4 Å². The largest absolute Gasteiger partial charge is 0.310 e. The van der Waals surface area contributed by atoms with Crippen LogP contribution in [-0.4, -0.2) is 16.6 Å². The molecule has 86 valence electrons. The van der Waals surface area contributed by atoms with Gasteiger partial charge in [0.1, 0.15) is 5.82 Å². The van der Waals surface area contributed by atoms with Crippen LogP contribution >= 0.6 is 12.6 Å². The highest BCUT2D eigenvalue weighted by atomic mass is 32.1. The number of amides is 1. The normalized spacial score (nSPS) is 9.94. The van der Waals surface area contributed by atoms with Crippen molar-refractivity contribution in [3.8, 4) is 11.1 Å². The Hall–Kier alpha value is -1.81. The molecule has 0 aliphatic heterocycles. The number of nitrogens with one attached hydrogen (secondary N) is 1. The van der Waals surface area contributed by atoms with Gasteiger partial charge in [-0.15, -0.1) is 0 Å². The third-order valence-electron chi connectivity index (χ3n) is 2.28. The molecule has 0 aliphatic rings. The Morgan fingerprint density at radius 1 is 1.12 bits per heavy atom. The quantitative estimate of drug-likeness (QED) is 0.815. The van der Waals surface area contributed by atoms with E-state index in [9.17, 15) is 4.79 Å². The van der Waals surface area contributed by atoms with E-state index in [1.165, 1.54) is 0 Å². The number of benzene rings is 1. The highest BCUT2D eigenvalue weighted by molar-refractivity contribution is 7.81. The van der Waals surface area contributed by atoms with Gasteiger partial charge in [-0.25, -0.2) is 4.98 Å². The van der Waals surface area contributed by atoms with E-state index in [0.717, 1.165) is 11.1 Å². The first-order valence-electron chi connectivity index (χ1n) is 5.22. The number of anilines is 1. The molecule has 0 atom stereocenters. The number of carbonyl (C=O) groups excluding carboxylic acids is 1. The minimum Gasteiger partial charge on any atom is -0.310 e. The SMILES string of the molecule is O=C(CS)Nc1ccc(-c2ccccc2)cn1. The summed E-state index contributed by atoms with van der Waals surface area (Å²) in [6, 6.07) is 13.7. The molecule has 17 heavy (non-hydrogen) atoms. The molecule has 3 nitrogen and oxygen atoms in total. The summed E-state index contributed by atoms with van der Waals surface area (Å²) < 4.78 is 0. The minimum absolute atomic E-state index is 0.155. The summed E-state index contributed by atoms with van der Waals surface area (Å²) >= 11 is 3.88. The molecule has 0 aliphatic carbocycles. The van der Waals surface area contributed by atoms with Gasteiger partial charge in [0.25, 0.3) is 0 Å². The fourth-order valence-corrected chi connectivity index (χ4v) is 1.53. The average molecular weight is 244 g/mol. The molecule has 2 aromatic rings. The maximum atomic E-state index is 11.1. The second-order valence-electron chi connectivity index (χ2n) is 3.50. The fraction of sp³-hybridized carbons (Fsp3) is 0.0769. The molecule has 1 N–H and O–H groups in total. The van der Waals surface area contributed by atoms with E-state index >= 15 is 0 Å². The number of hydrogen-bond donors (Lipinski definition) is 2. The van der Waals surface area contributed by atoms with Gasteiger partial charge in [0.15, 0.2) is 0 Å². The van der Waals surface area contributed by atoms with Gasteiger partial charge >= 0.3 is 0 Å². The molecule has 2 rings (SSSR count). The lowest BCUT2D eigenvalue weighted by Crippen LogP contribution is -2.13. The van der Waals surface area contributed by atoms with Crippen molar-refractivity contribution in [1.29, 1.82) is 0 Å². The molecule has 0 saturated carbocycles. The minimum atomic E-state index is -0.159. The highest BCUT2D eigenvalue weighted by Crippen LogP contribution is 2.18. The predicted molar refractivity (Wildman–Crippen MR) is 72.2 cm³/mol. The zero-order chi connectivity index (χ0) is 12.1. The molecule has 0 fully saturated rings. The second kappa shape index (κ2) is 5.50. The third-order valence-corrected chi connectivity index (χ3v) is 2.57. The number of aromatic nitrogens is 1. The molecule has 1 heterocycles. The summed E-state index contributed by atoms with van der Waals surface area (Å²) in [7, 11) is 0. The van der Waals surface area contributed by atoms with E-state index in [0.29, 0.717) is 5.82 Å². The fourth-order valence-electron chi connectivity index (χ4n) is 1.45. The number of rotatable bonds is 3. The van der Waals surface area contributed by atoms with Crippen LogP contribution in [0.3, 0.4) is 0 Å². The van der Waals surface area contributed by atoms with E-state index in [2.05, 4.69) is 22.9 Å². The standard InChI is InChI=1S/C13H12N2OS/c16-13(9-17)15-12-7-6-11(8-14-12)10-4-2-1-3-5-10/h1-8,17H,9H2,(H,14,15,16). The van der Waals surface area contributed by atoms with Crippen LogP contribution in [0.4, 0.5) is 5.82 Å². The topological polar surface area (TPSA) is 42.0 Å². The zero-order valence-corrected chi connectivity index (χ0v) is 10.0. The number of thiol groups is 1. The molecule has 1 aromatic heterocycles. The number of nitrogens with zero attached hydrogens (tertiary/aromatic N) is 1. The summed E-state index contributed by atoms with van der Waals surface area (Å²) in [5.41, 5.74) is 2.13. The maximum absolute atomic E-state index is 11.1. The van der Waals surface area contributed by atoms with E-state index in [-0.39, 0.29) is 11.7 Å². The van der Waals surface area contributed by atoms with Crippen LogP contribution in [0.2, 0.25) is 0 Å². The van der Waals surface area contributed by atoms with Crippen molar-refractivity contribution in [2.75, 3.05) is 11.1 Å². The Morgan fingerprint density at radius 3 is 2.47 bits per heavy atom. The Balaban J connectivity index is 2.16. The summed E-state index contributed by atoms with van der Waals surface area (Å²) in [5.74, 6) is 0.541. The first kappa shape index (κ1) is 11.7. The molecule has 0 bridgehead atoms. The van der Waals surface area contributed by atoms with Crippen LogP contribution in [0.25, 0.3) is 11.1 Å². The third kappa shape index (κ3) is 3.07. The lowest BCUT2D eigenvalue weighted by atomic mass is 10.1. The Bertz CT molecular complexity index is 497. The average Bonchev–Trinajstić information content (AvgIpc) is 2.40. The highest BCUT2D eigenvalue weighted by Gasteiger charge is 2.01. The van der Waals surface area contributed by atoms with E-state index in [4.69, 9.17) is 0 Å². The Morgan fingerprint density at radius 2 is 1.88 bits per heavy atom. The monoisotopic (exact) mass is 244 g/mol. The van der Waals surface area contributed by atoms with Gasteiger partial charge in [0.05, 0.1) is 5.75 Å². The predicted octanol–water partition coefficient (Wildman–Crippen LogP) is 2.62. The Labute approximate surface area is 105 Å². The lowest BCUT2D eigenvalue weighted by molar-refractivity contribution is -0.113. The number of pyridine rings is 1. The van der Waals surface area contributed by atoms with Crippen molar-refractivity contribution >= 4 is 24.4 Å². The summed E-state index contributed by atoms with van der Waals surface area (Å²) in [4.78, 5) is 15.3. The van der Waals surface area contributed by atoms with Crippen LogP contribution in [0.15, 0.2) is 48.7 Å². The van der Waals surface area contributed by atoms with Crippen molar-refractivity contribution in [2.24, 2.45) is 0 Å². The lowest BCUT2D eigenvalue weighted by Gasteiger charge is -2.04. The van der Waals surface area contributed by atoms with Crippen LogP contribution in [0.5, 0.6) is 0 Å². The molecule has 0 unspecified atom stereocenters. The first-order valence-corrected chi connectivity index (χ1v) is 5.85. The zero-order valence-electron chi connectivity index (χ0n) is 9.13. The van der Waals surface area contributed by atoms with Gasteiger partial charge in [0, 0.05) is 11.8 Å². The van der Waals surface area contributed by atoms with Crippen molar-refractivity contribution < 1.29 is 4.79 Å². The molecular weight excluding hydrogens is 232 g/mol. The van der Waals surface area contributed by atoms with Crippen LogP contribution < -0.4 is 5.32 Å². The number of hydrogen-bond acceptors (Lipinski definition) is 3. The van der Waals surface area contributed by atoms with Crippen LogP contribution in [0, 0.1) is 0 Å². The van der Waals surface area contributed by atoms with Crippen molar-refractivity contribution in [3.63, 3.8) is 0 Å². The molecule has 1 amide bonds. The molecule has 4 heteroatoms. The smallest absolute Gasteiger partial charge is 0.235 e. The van der Waals surface area contributed by atoms with Gasteiger partial charge < -0.3 is 5.32 Å². The van der Waals surface area contributed by atoms with Crippen LogP contribution in [-0.2, 0) is 4.79 Å². The van der Waals surface area contributed by atoms with Gasteiger partial charge in [0.2, 0.25) is 5.91 Å². The van der Waals surface area contributed by atoms with Crippen molar-refractivity contribution in [3.05, 3.63) is 48.7 Å². The van der Waals surface area contributed by atoms with Gasteiger partial charge in [-0.3, -0.25) is 4.79 Å². The maximum Gasteiger partial charge on any atom is 0.235 e. The second-order valence-corrected chi connectivity index (χ2v) is 3.82. The van der Waals surface area contributed by atoms with E-state index in [1.54, 1.807) is 12.3 Å². The van der Waals surface area contributed by atoms with Gasteiger partial charge in [-0.1, -0.05) is 30.3 Å². The molecular formula is C13H12N2OS. The molecule has 0 saturated heterocycles. The van der Waals surface area contributed by atoms with Crippen LogP contribution in [0.1, 0.15) is 0 Å². The number of carbonyl (C=O) groups is 1. The summed E-state index contributed by atoms with van der Waals surface area (Å²) in [6.45, 7) is 0. The molecule has 0 spiro atoms. The van der Waals surface area contributed by atoms with Crippen molar-refractivity contribution in [1.82, 2.24) is 4.98 Å². The van der Waals surface area contributed by atoms with E-state index < -0.39 is 0 Å². The van der Waals surface area contributed by atoms with Crippen molar-refractivity contribution in [2.45, 2.75) is 0 Å². The molecule has 1 aromatic carbocycles. The van der Waals surface area contributed by atoms with Gasteiger partial charge in [-0.05, 0) is 17.7 Å². The first-order chi connectivity index (χ1) is 8.29.